The zero-order valence-corrected chi connectivity index (χ0v) is 13.1. The van der Waals surface area contributed by atoms with Crippen LogP contribution in [0, 0.1) is 0 Å². The van der Waals surface area contributed by atoms with E-state index in [1.807, 2.05) is 6.07 Å². The van der Waals surface area contributed by atoms with Crippen LogP contribution in [0.5, 0.6) is 0 Å². The Balaban J connectivity index is 2.18. The normalized spacial score (nSPS) is 10.7. The van der Waals surface area contributed by atoms with Gasteiger partial charge >= 0.3 is 0 Å². The van der Waals surface area contributed by atoms with E-state index in [9.17, 15) is 4.79 Å². The van der Waals surface area contributed by atoms with Crippen LogP contribution in [-0.2, 0) is 16.0 Å². The maximum Gasteiger partial charge on any atom is 0.234 e. The molecule has 0 radical (unpaired) electrons. The van der Waals surface area contributed by atoms with Crippen LogP contribution in [0.25, 0.3) is 11.5 Å². The molecular formula is C11H9Br2N3O3. The molecule has 0 aliphatic carbocycles. The largest absolute Gasteiger partial charge is 0.377 e. The van der Waals surface area contributed by atoms with Crippen LogP contribution in [0.3, 0.4) is 0 Å². The molecule has 2 aromatic rings. The number of carbonyl (C=O) groups is 1. The highest BCUT2D eigenvalue weighted by Gasteiger charge is 2.15. The third-order valence-corrected chi connectivity index (χ3v) is 3.18. The molecule has 0 atom stereocenters. The Morgan fingerprint density at radius 3 is 2.95 bits per heavy atom. The SMILES string of the molecule is COCC(=O)Cc1nc(-c2ncc(Br)cc2Br)no1. The third-order valence-electron chi connectivity index (χ3n) is 2.14. The van der Waals surface area contributed by atoms with E-state index in [-0.39, 0.29) is 24.7 Å². The summed E-state index contributed by atoms with van der Waals surface area (Å²) in [6, 6.07) is 1.83. The van der Waals surface area contributed by atoms with Crippen LogP contribution in [0.15, 0.2) is 25.7 Å². The van der Waals surface area contributed by atoms with Crippen LogP contribution in [0.1, 0.15) is 5.89 Å². The van der Waals surface area contributed by atoms with Crippen molar-refractivity contribution in [2.24, 2.45) is 0 Å². The molecule has 2 heterocycles. The number of ketones is 1. The van der Waals surface area contributed by atoms with Gasteiger partial charge in [0.25, 0.3) is 0 Å². The Morgan fingerprint density at radius 2 is 2.26 bits per heavy atom. The highest BCUT2D eigenvalue weighted by molar-refractivity contribution is 9.11. The zero-order chi connectivity index (χ0) is 13.8. The van der Waals surface area contributed by atoms with Crippen LogP contribution in [-0.4, -0.2) is 34.6 Å². The van der Waals surface area contributed by atoms with Crippen molar-refractivity contribution in [3.05, 3.63) is 27.1 Å². The molecule has 0 saturated heterocycles. The molecule has 100 valence electrons. The van der Waals surface area contributed by atoms with Gasteiger partial charge in [0, 0.05) is 22.3 Å². The van der Waals surface area contributed by atoms with Gasteiger partial charge < -0.3 is 9.26 Å². The Hall–Kier alpha value is -1.12. The smallest absolute Gasteiger partial charge is 0.234 e. The van der Waals surface area contributed by atoms with Gasteiger partial charge in [0.05, 0.1) is 6.42 Å². The molecule has 2 rings (SSSR count). The second-order valence-corrected chi connectivity index (χ2v) is 5.41. The number of aromatic nitrogens is 3. The Kier molecular flexibility index (Phi) is 4.78. The first-order valence-electron chi connectivity index (χ1n) is 5.25. The number of halogens is 2. The fourth-order valence-electron chi connectivity index (χ4n) is 1.38. The molecule has 0 aromatic carbocycles. The van der Waals surface area contributed by atoms with Gasteiger partial charge in [0.2, 0.25) is 11.7 Å². The van der Waals surface area contributed by atoms with E-state index in [1.165, 1.54) is 7.11 Å². The van der Waals surface area contributed by atoms with E-state index >= 15 is 0 Å². The van der Waals surface area contributed by atoms with E-state index in [1.54, 1.807) is 6.20 Å². The third kappa shape index (κ3) is 3.68. The average Bonchev–Trinajstić information content (AvgIpc) is 2.77. The number of rotatable bonds is 5. The van der Waals surface area contributed by atoms with Gasteiger partial charge in [-0.2, -0.15) is 4.98 Å². The topological polar surface area (TPSA) is 78.1 Å². The predicted octanol–water partition coefficient (Wildman–Crippen LogP) is 2.41. The monoisotopic (exact) mass is 389 g/mol. The van der Waals surface area contributed by atoms with Crippen molar-refractivity contribution in [3.63, 3.8) is 0 Å². The summed E-state index contributed by atoms with van der Waals surface area (Å²) in [4.78, 5) is 19.7. The maximum atomic E-state index is 11.4. The maximum absolute atomic E-state index is 11.4. The fourth-order valence-corrected chi connectivity index (χ4v) is 2.55. The first kappa shape index (κ1) is 14.3. The molecule has 8 heteroatoms. The second-order valence-electron chi connectivity index (χ2n) is 3.64. The molecular weight excluding hydrogens is 382 g/mol. The molecule has 0 unspecified atom stereocenters. The van der Waals surface area contributed by atoms with Crippen molar-refractivity contribution in [1.82, 2.24) is 15.1 Å². The van der Waals surface area contributed by atoms with E-state index in [2.05, 4.69) is 47.0 Å². The number of pyridine rings is 1. The predicted molar refractivity (Wildman–Crippen MR) is 73.5 cm³/mol. The van der Waals surface area contributed by atoms with E-state index < -0.39 is 0 Å². The van der Waals surface area contributed by atoms with Gasteiger partial charge in [-0.25, -0.2) is 0 Å². The summed E-state index contributed by atoms with van der Waals surface area (Å²) in [5.41, 5.74) is 0.553. The summed E-state index contributed by atoms with van der Waals surface area (Å²) in [5, 5.41) is 3.80. The fraction of sp³-hybridized carbons (Fsp3) is 0.273. The molecule has 0 bridgehead atoms. The summed E-state index contributed by atoms with van der Waals surface area (Å²) in [6.45, 7) is 0.0257. The number of nitrogens with zero attached hydrogens (tertiary/aromatic N) is 3. The average molecular weight is 391 g/mol. The Morgan fingerprint density at radius 1 is 1.47 bits per heavy atom. The molecule has 0 aliphatic rings. The molecule has 0 spiro atoms. The van der Waals surface area contributed by atoms with Crippen molar-refractivity contribution in [3.8, 4) is 11.5 Å². The van der Waals surface area contributed by atoms with Crippen molar-refractivity contribution in [1.29, 1.82) is 0 Å². The minimum absolute atomic E-state index is 0.0257. The zero-order valence-electron chi connectivity index (χ0n) is 9.89. The van der Waals surface area contributed by atoms with Crippen LogP contribution < -0.4 is 0 Å². The number of hydrogen-bond donors (Lipinski definition) is 0. The lowest BCUT2D eigenvalue weighted by molar-refractivity contribution is -0.122. The van der Waals surface area contributed by atoms with Crippen molar-refractivity contribution >= 4 is 37.6 Å². The van der Waals surface area contributed by atoms with Gasteiger partial charge in [-0.1, -0.05) is 5.16 Å². The van der Waals surface area contributed by atoms with Crippen molar-refractivity contribution < 1.29 is 14.1 Å². The van der Waals surface area contributed by atoms with Crippen LogP contribution in [0.2, 0.25) is 0 Å². The van der Waals surface area contributed by atoms with Crippen LogP contribution >= 0.6 is 31.9 Å². The van der Waals surface area contributed by atoms with Crippen molar-refractivity contribution in [2.45, 2.75) is 6.42 Å². The van der Waals surface area contributed by atoms with E-state index in [4.69, 9.17) is 9.26 Å². The van der Waals surface area contributed by atoms with Gasteiger partial charge in [-0.15, -0.1) is 0 Å². The second kappa shape index (κ2) is 6.36. The molecule has 19 heavy (non-hydrogen) atoms. The lowest BCUT2D eigenvalue weighted by Gasteiger charge is -1.97. The number of hydrogen-bond acceptors (Lipinski definition) is 6. The summed E-state index contributed by atoms with van der Waals surface area (Å²) >= 11 is 6.68. The van der Waals surface area contributed by atoms with E-state index in [0.717, 1.165) is 8.95 Å². The summed E-state index contributed by atoms with van der Waals surface area (Å²) in [6.07, 6.45) is 1.68. The van der Waals surface area contributed by atoms with Gasteiger partial charge in [0.1, 0.15) is 12.3 Å². The molecule has 2 aromatic heterocycles. The van der Waals surface area contributed by atoms with Gasteiger partial charge in [-0.05, 0) is 37.9 Å². The molecule has 6 nitrogen and oxygen atoms in total. The lowest BCUT2D eigenvalue weighted by atomic mass is 10.3. The minimum Gasteiger partial charge on any atom is -0.377 e. The Labute approximate surface area is 125 Å². The van der Waals surface area contributed by atoms with Gasteiger partial charge in [-0.3, -0.25) is 9.78 Å². The van der Waals surface area contributed by atoms with Gasteiger partial charge in [0.15, 0.2) is 5.78 Å². The molecule has 0 fully saturated rings. The highest BCUT2D eigenvalue weighted by atomic mass is 79.9. The number of Topliss-reactive ketones (excluding diaryl/α,β-unsaturated/α-hetero) is 1. The Bertz CT molecular complexity index is 601. The number of methoxy groups -OCH3 is 1. The quantitative estimate of drug-likeness (QED) is 0.780. The summed E-state index contributed by atoms with van der Waals surface area (Å²) in [5.74, 6) is 0.453. The molecule has 0 N–H and O–H groups in total. The number of carbonyl (C=O) groups excluding carboxylic acids is 1. The number of ether oxygens (including phenoxy) is 1. The van der Waals surface area contributed by atoms with Crippen LogP contribution in [0.4, 0.5) is 0 Å². The first-order chi connectivity index (χ1) is 9.10. The first-order valence-corrected chi connectivity index (χ1v) is 6.83. The minimum atomic E-state index is -0.125. The summed E-state index contributed by atoms with van der Waals surface area (Å²) < 4.78 is 11.3. The van der Waals surface area contributed by atoms with E-state index in [0.29, 0.717) is 11.5 Å². The standard InChI is InChI=1S/C11H9Br2N3O3/c1-18-5-7(17)3-9-15-11(16-19-9)10-8(13)2-6(12)4-14-10/h2,4H,3,5H2,1H3. The highest BCUT2D eigenvalue weighted by Crippen LogP contribution is 2.26. The molecule has 0 aliphatic heterocycles. The molecule has 0 saturated carbocycles. The molecule has 0 amide bonds. The lowest BCUT2D eigenvalue weighted by Crippen LogP contribution is -2.09. The summed E-state index contributed by atoms with van der Waals surface area (Å²) in [7, 11) is 1.46. The van der Waals surface area contributed by atoms with Crippen molar-refractivity contribution in [2.75, 3.05) is 13.7 Å².